The van der Waals surface area contributed by atoms with Crippen LogP contribution in [0.2, 0.25) is 0 Å². The second-order valence-corrected chi connectivity index (χ2v) is 12.3. The smallest absolute Gasteiger partial charge is 0.243 e. The molecule has 2 atom stereocenters. The minimum absolute atomic E-state index is 0.0358. The topological polar surface area (TPSA) is 95.9 Å². The number of nitrogens with zero attached hydrogens (tertiary/aromatic N) is 5. The van der Waals surface area contributed by atoms with Crippen LogP contribution in [0.3, 0.4) is 0 Å². The van der Waals surface area contributed by atoms with E-state index in [2.05, 4.69) is 4.90 Å². The van der Waals surface area contributed by atoms with E-state index in [0.717, 1.165) is 21.9 Å². The molecular formula is C26H31N5O4S2. The van der Waals surface area contributed by atoms with Gasteiger partial charge in [0.1, 0.15) is 5.03 Å². The van der Waals surface area contributed by atoms with Gasteiger partial charge in [-0.2, -0.15) is 4.31 Å². The van der Waals surface area contributed by atoms with Crippen LogP contribution < -0.4 is 4.90 Å². The monoisotopic (exact) mass is 541 g/mol. The quantitative estimate of drug-likeness (QED) is 0.440. The second-order valence-electron chi connectivity index (χ2n) is 9.39. The van der Waals surface area contributed by atoms with Gasteiger partial charge in [-0.15, -0.1) is 0 Å². The summed E-state index contributed by atoms with van der Waals surface area (Å²) in [6.07, 6.45) is 0.139. The minimum atomic E-state index is -3.56. The number of anilines is 1. The summed E-state index contributed by atoms with van der Waals surface area (Å²) in [5, 5.41) is 0.721. The van der Waals surface area contributed by atoms with Crippen LogP contribution in [0, 0.1) is 0 Å². The summed E-state index contributed by atoms with van der Waals surface area (Å²) < 4.78 is 33.2. The number of aromatic nitrogens is 2. The van der Waals surface area contributed by atoms with Crippen molar-refractivity contribution in [2.75, 3.05) is 49.9 Å². The van der Waals surface area contributed by atoms with Crippen molar-refractivity contribution in [1.82, 2.24) is 19.2 Å². The average molecular weight is 542 g/mol. The maximum Gasteiger partial charge on any atom is 0.243 e. The standard InChI is InChI=1S/C26H31N5O4S2/c1-19-16-30(17-20(2)35-19)25-26(28-23-11-7-6-10-22(23)27-25)36-18-24(32)29-12-14-31(15-13-29)37(33,34)21-8-4-3-5-9-21/h3-11,19-20H,12-18H2,1-2H3. The Labute approximate surface area is 221 Å². The van der Waals surface area contributed by atoms with Crippen molar-refractivity contribution >= 4 is 44.5 Å². The average Bonchev–Trinajstić information content (AvgIpc) is 2.91. The van der Waals surface area contributed by atoms with Gasteiger partial charge in [0.15, 0.2) is 5.82 Å². The van der Waals surface area contributed by atoms with Crippen molar-refractivity contribution in [3.05, 3.63) is 54.6 Å². The molecular weight excluding hydrogens is 510 g/mol. The zero-order valence-corrected chi connectivity index (χ0v) is 22.6. The fourth-order valence-corrected chi connectivity index (χ4v) is 7.12. The number of carbonyl (C=O) groups excluding carboxylic acids is 1. The largest absolute Gasteiger partial charge is 0.372 e. The molecule has 2 aliphatic heterocycles. The van der Waals surface area contributed by atoms with E-state index in [9.17, 15) is 13.2 Å². The van der Waals surface area contributed by atoms with Gasteiger partial charge in [0, 0.05) is 39.3 Å². The molecule has 0 spiro atoms. The zero-order chi connectivity index (χ0) is 26.0. The number of para-hydroxylation sites is 2. The number of hydrogen-bond donors (Lipinski definition) is 0. The van der Waals surface area contributed by atoms with Crippen LogP contribution in [0.1, 0.15) is 13.8 Å². The number of amides is 1. The molecule has 11 heteroatoms. The van der Waals surface area contributed by atoms with Crippen molar-refractivity contribution < 1.29 is 17.9 Å². The highest BCUT2D eigenvalue weighted by Crippen LogP contribution is 2.31. The van der Waals surface area contributed by atoms with Crippen LogP contribution in [0.4, 0.5) is 5.82 Å². The number of rotatable bonds is 6. The minimum Gasteiger partial charge on any atom is -0.372 e. The first-order valence-electron chi connectivity index (χ1n) is 12.4. The molecule has 0 saturated carbocycles. The maximum atomic E-state index is 13.1. The van der Waals surface area contributed by atoms with E-state index in [1.165, 1.54) is 16.1 Å². The SMILES string of the molecule is CC1CN(c2nc3ccccc3nc2SCC(=O)N2CCN(S(=O)(=O)c3ccccc3)CC2)CC(C)O1. The normalized spacial score (nSPS) is 21.4. The number of ether oxygens (including phenoxy) is 1. The van der Waals surface area contributed by atoms with Gasteiger partial charge in [-0.05, 0) is 38.1 Å². The first kappa shape index (κ1) is 25.9. The fourth-order valence-electron chi connectivity index (χ4n) is 4.77. The lowest BCUT2D eigenvalue weighted by Crippen LogP contribution is -2.51. The number of fused-ring (bicyclic) bond motifs is 1. The highest BCUT2D eigenvalue weighted by Gasteiger charge is 2.31. The highest BCUT2D eigenvalue weighted by molar-refractivity contribution is 8.00. The number of hydrogen-bond acceptors (Lipinski definition) is 8. The van der Waals surface area contributed by atoms with Gasteiger partial charge in [0.25, 0.3) is 0 Å². The van der Waals surface area contributed by atoms with Crippen molar-refractivity contribution in [3.63, 3.8) is 0 Å². The fraction of sp³-hybridized carbons (Fsp3) is 0.423. The van der Waals surface area contributed by atoms with Gasteiger partial charge in [0.05, 0.1) is 33.9 Å². The Balaban J connectivity index is 1.27. The van der Waals surface area contributed by atoms with E-state index in [-0.39, 0.29) is 41.9 Å². The summed E-state index contributed by atoms with van der Waals surface area (Å²) >= 11 is 1.38. The van der Waals surface area contributed by atoms with E-state index in [1.807, 2.05) is 38.1 Å². The van der Waals surface area contributed by atoms with Crippen molar-refractivity contribution in [2.45, 2.75) is 36.0 Å². The third kappa shape index (κ3) is 5.74. The molecule has 0 aliphatic carbocycles. The molecule has 0 radical (unpaired) electrons. The molecule has 2 fully saturated rings. The van der Waals surface area contributed by atoms with E-state index >= 15 is 0 Å². The first-order chi connectivity index (χ1) is 17.8. The van der Waals surface area contributed by atoms with Crippen LogP contribution in [0.25, 0.3) is 11.0 Å². The Morgan fingerprint density at radius 2 is 1.51 bits per heavy atom. The Morgan fingerprint density at radius 1 is 0.919 bits per heavy atom. The highest BCUT2D eigenvalue weighted by atomic mass is 32.2. The molecule has 1 aromatic heterocycles. The Hall–Kier alpha value is -2.73. The molecule has 9 nitrogen and oxygen atoms in total. The molecule has 1 amide bonds. The number of carbonyl (C=O) groups is 1. The summed E-state index contributed by atoms with van der Waals surface area (Å²) in [6, 6.07) is 16.2. The summed E-state index contributed by atoms with van der Waals surface area (Å²) in [7, 11) is -3.56. The molecule has 196 valence electrons. The molecule has 0 N–H and O–H groups in total. The van der Waals surface area contributed by atoms with Crippen LogP contribution in [0.5, 0.6) is 0 Å². The lowest BCUT2D eigenvalue weighted by atomic mass is 10.2. The number of morpholine rings is 1. The van der Waals surface area contributed by atoms with Gasteiger partial charge >= 0.3 is 0 Å². The molecule has 5 rings (SSSR count). The van der Waals surface area contributed by atoms with E-state index < -0.39 is 10.0 Å². The predicted octanol–water partition coefficient (Wildman–Crippen LogP) is 2.87. The summed E-state index contributed by atoms with van der Waals surface area (Å²) in [5.74, 6) is 0.949. The second kappa shape index (κ2) is 10.9. The lowest BCUT2D eigenvalue weighted by molar-refractivity contribution is -0.129. The number of sulfonamides is 1. The lowest BCUT2D eigenvalue weighted by Gasteiger charge is -2.36. The first-order valence-corrected chi connectivity index (χ1v) is 14.9. The van der Waals surface area contributed by atoms with Gasteiger partial charge in [-0.3, -0.25) is 4.79 Å². The van der Waals surface area contributed by atoms with Crippen LogP contribution in [-0.2, 0) is 19.6 Å². The summed E-state index contributed by atoms with van der Waals surface area (Å²) in [5.41, 5.74) is 1.60. The van der Waals surface area contributed by atoms with Gasteiger partial charge in [0.2, 0.25) is 15.9 Å². The molecule has 2 saturated heterocycles. The molecule has 0 bridgehead atoms. The Bertz CT molecular complexity index is 1350. The Morgan fingerprint density at radius 3 is 2.16 bits per heavy atom. The van der Waals surface area contributed by atoms with E-state index in [4.69, 9.17) is 14.7 Å². The third-order valence-corrected chi connectivity index (χ3v) is 9.40. The summed E-state index contributed by atoms with van der Waals surface area (Å²) in [4.78, 5) is 27.1. The summed E-state index contributed by atoms with van der Waals surface area (Å²) in [6.45, 7) is 6.78. The molecule has 3 aromatic rings. The van der Waals surface area contributed by atoms with Crippen molar-refractivity contribution in [2.24, 2.45) is 0 Å². The molecule has 2 aliphatic rings. The van der Waals surface area contributed by atoms with E-state index in [1.54, 1.807) is 35.2 Å². The van der Waals surface area contributed by atoms with E-state index in [0.29, 0.717) is 26.2 Å². The molecule has 3 heterocycles. The number of piperazine rings is 1. The van der Waals surface area contributed by atoms with Crippen LogP contribution in [0.15, 0.2) is 64.5 Å². The van der Waals surface area contributed by atoms with Crippen LogP contribution in [-0.4, -0.2) is 90.7 Å². The van der Waals surface area contributed by atoms with Gasteiger partial charge < -0.3 is 14.5 Å². The predicted molar refractivity (Wildman–Crippen MR) is 144 cm³/mol. The van der Waals surface area contributed by atoms with Crippen molar-refractivity contribution in [3.8, 4) is 0 Å². The number of benzene rings is 2. The van der Waals surface area contributed by atoms with Crippen molar-refractivity contribution in [1.29, 1.82) is 0 Å². The third-order valence-electron chi connectivity index (χ3n) is 6.55. The molecule has 2 unspecified atom stereocenters. The maximum absolute atomic E-state index is 13.1. The number of thioether (sulfide) groups is 1. The van der Waals surface area contributed by atoms with Gasteiger partial charge in [-0.1, -0.05) is 42.1 Å². The zero-order valence-electron chi connectivity index (χ0n) is 21.0. The van der Waals surface area contributed by atoms with Gasteiger partial charge in [-0.25, -0.2) is 18.4 Å². The van der Waals surface area contributed by atoms with Crippen LogP contribution >= 0.6 is 11.8 Å². The Kier molecular flexibility index (Phi) is 7.66. The molecule has 2 aromatic carbocycles. The molecule has 37 heavy (non-hydrogen) atoms.